The van der Waals surface area contributed by atoms with Gasteiger partial charge in [0.2, 0.25) is 11.8 Å². The van der Waals surface area contributed by atoms with Crippen molar-refractivity contribution in [1.82, 2.24) is 0 Å². The summed E-state index contributed by atoms with van der Waals surface area (Å²) in [5.74, 6) is 0.0341. The van der Waals surface area contributed by atoms with Crippen molar-refractivity contribution in [3.05, 3.63) is 48.0 Å². The molecular formula is C22H25N3O4. The van der Waals surface area contributed by atoms with Gasteiger partial charge < -0.3 is 20.3 Å². The predicted molar refractivity (Wildman–Crippen MR) is 112 cm³/mol. The molecule has 29 heavy (non-hydrogen) atoms. The molecule has 7 heteroatoms. The Bertz CT molecular complexity index is 968. The molecular weight excluding hydrogens is 370 g/mol. The van der Waals surface area contributed by atoms with Gasteiger partial charge in [-0.3, -0.25) is 14.4 Å². The molecule has 3 rings (SSSR count). The van der Waals surface area contributed by atoms with Crippen LogP contribution in [-0.4, -0.2) is 29.9 Å². The number of nitrogens with zero attached hydrogens (tertiary/aromatic N) is 1. The van der Waals surface area contributed by atoms with Crippen molar-refractivity contribution in [2.45, 2.75) is 39.7 Å². The highest BCUT2D eigenvalue weighted by Gasteiger charge is 2.40. The van der Waals surface area contributed by atoms with Crippen LogP contribution in [0.2, 0.25) is 0 Å². The normalized spacial score (nSPS) is 14.6. The van der Waals surface area contributed by atoms with Crippen molar-refractivity contribution in [2.75, 3.05) is 22.1 Å². The largest absolute Gasteiger partial charge is 0.476 e. The molecule has 2 N–H and O–H groups in total. The first-order chi connectivity index (χ1) is 13.7. The number of benzene rings is 2. The van der Waals surface area contributed by atoms with E-state index in [-0.39, 0.29) is 30.7 Å². The lowest BCUT2D eigenvalue weighted by atomic mass is 10.0. The third-order valence-corrected chi connectivity index (χ3v) is 4.56. The summed E-state index contributed by atoms with van der Waals surface area (Å²) in [5, 5.41) is 5.48. The van der Waals surface area contributed by atoms with Crippen LogP contribution in [0.3, 0.4) is 0 Å². The van der Waals surface area contributed by atoms with Crippen LogP contribution in [0, 0.1) is 6.92 Å². The van der Waals surface area contributed by atoms with Crippen LogP contribution in [0.4, 0.5) is 17.1 Å². The Morgan fingerprint density at radius 2 is 1.76 bits per heavy atom. The van der Waals surface area contributed by atoms with Crippen molar-refractivity contribution in [3.8, 4) is 5.75 Å². The molecule has 0 saturated carbocycles. The number of rotatable bonds is 5. The molecule has 7 nitrogen and oxygen atoms in total. The van der Waals surface area contributed by atoms with Crippen molar-refractivity contribution in [1.29, 1.82) is 0 Å². The molecule has 3 amide bonds. The smallest absolute Gasteiger partial charge is 0.270 e. The molecule has 0 unspecified atom stereocenters. The summed E-state index contributed by atoms with van der Waals surface area (Å²) < 4.78 is 5.84. The van der Waals surface area contributed by atoms with Crippen LogP contribution in [-0.2, 0) is 14.4 Å². The Morgan fingerprint density at radius 3 is 2.45 bits per heavy atom. The molecule has 1 aliphatic rings. The summed E-state index contributed by atoms with van der Waals surface area (Å²) >= 11 is 0. The van der Waals surface area contributed by atoms with E-state index in [9.17, 15) is 14.4 Å². The van der Waals surface area contributed by atoms with Crippen molar-refractivity contribution in [2.24, 2.45) is 0 Å². The minimum absolute atomic E-state index is 0.125. The third kappa shape index (κ3) is 4.74. The standard InChI is InChI=1S/C22H25N3O4/c1-14-8-9-19-18(12-14)25(21(28)22(3,4)29-19)11-10-20(27)24-17-7-5-6-16(13-17)23-15(2)26/h5-9,12-13H,10-11H2,1-4H3,(H,23,26)(H,24,27). The lowest BCUT2D eigenvalue weighted by Crippen LogP contribution is -2.53. The lowest BCUT2D eigenvalue weighted by Gasteiger charge is -2.38. The van der Waals surface area contributed by atoms with E-state index in [2.05, 4.69) is 10.6 Å². The molecule has 1 aliphatic heterocycles. The topological polar surface area (TPSA) is 87.7 Å². The zero-order valence-corrected chi connectivity index (χ0v) is 17.0. The molecule has 0 radical (unpaired) electrons. The number of hydrogen-bond donors (Lipinski definition) is 2. The van der Waals surface area contributed by atoms with E-state index in [4.69, 9.17) is 4.74 Å². The number of carbonyl (C=O) groups is 3. The van der Waals surface area contributed by atoms with Crippen molar-refractivity contribution >= 4 is 34.8 Å². The molecule has 1 heterocycles. The fraction of sp³-hybridized carbons (Fsp3) is 0.318. The number of amides is 3. The van der Waals surface area contributed by atoms with Crippen molar-refractivity contribution in [3.63, 3.8) is 0 Å². The van der Waals surface area contributed by atoms with E-state index in [1.807, 2.05) is 25.1 Å². The monoisotopic (exact) mass is 395 g/mol. The Morgan fingerprint density at radius 1 is 1.07 bits per heavy atom. The molecule has 0 aliphatic carbocycles. The Balaban J connectivity index is 1.70. The molecule has 0 atom stereocenters. The molecule has 0 aromatic heterocycles. The molecule has 152 valence electrons. The highest BCUT2D eigenvalue weighted by Crippen LogP contribution is 2.38. The zero-order valence-electron chi connectivity index (χ0n) is 17.0. The highest BCUT2D eigenvalue weighted by atomic mass is 16.5. The van der Waals surface area contributed by atoms with Crippen LogP contribution in [0.25, 0.3) is 0 Å². The quantitative estimate of drug-likeness (QED) is 0.811. The first-order valence-corrected chi connectivity index (χ1v) is 9.45. The Kier molecular flexibility index (Phi) is 5.59. The number of ether oxygens (including phenoxy) is 1. The number of hydrogen-bond acceptors (Lipinski definition) is 4. The maximum Gasteiger partial charge on any atom is 0.270 e. The number of nitrogens with one attached hydrogen (secondary N) is 2. The molecule has 2 aromatic carbocycles. The molecule has 0 saturated heterocycles. The highest BCUT2D eigenvalue weighted by molar-refractivity contribution is 6.03. The number of anilines is 3. The van der Waals surface area contributed by atoms with E-state index >= 15 is 0 Å². The van der Waals surface area contributed by atoms with E-state index in [1.54, 1.807) is 43.0 Å². The fourth-order valence-corrected chi connectivity index (χ4v) is 3.21. The van der Waals surface area contributed by atoms with Gasteiger partial charge in [0.25, 0.3) is 5.91 Å². The fourth-order valence-electron chi connectivity index (χ4n) is 3.21. The van der Waals surface area contributed by atoms with Crippen LogP contribution < -0.4 is 20.3 Å². The summed E-state index contributed by atoms with van der Waals surface area (Å²) in [7, 11) is 0. The first-order valence-electron chi connectivity index (χ1n) is 9.45. The summed E-state index contributed by atoms with van der Waals surface area (Å²) in [5.41, 5.74) is 1.86. The van der Waals surface area contributed by atoms with Gasteiger partial charge in [0.1, 0.15) is 5.75 Å². The van der Waals surface area contributed by atoms with Crippen LogP contribution in [0.5, 0.6) is 5.75 Å². The average molecular weight is 395 g/mol. The molecule has 0 spiro atoms. The minimum atomic E-state index is -0.995. The van der Waals surface area contributed by atoms with Gasteiger partial charge in [-0.05, 0) is 56.7 Å². The second-order valence-electron chi connectivity index (χ2n) is 7.60. The van der Waals surface area contributed by atoms with Gasteiger partial charge >= 0.3 is 0 Å². The SMILES string of the molecule is CC(=O)Nc1cccc(NC(=O)CCN2C(=O)C(C)(C)Oc3ccc(C)cc32)c1. The van der Waals surface area contributed by atoms with Gasteiger partial charge in [-0.1, -0.05) is 12.1 Å². The third-order valence-electron chi connectivity index (χ3n) is 4.56. The van der Waals surface area contributed by atoms with Gasteiger partial charge in [0.15, 0.2) is 5.60 Å². The van der Waals surface area contributed by atoms with E-state index < -0.39 is 5.60 Å². The van der Waals surface area contributed by atoms with Gasteiger partial charge in [-0.2, -0.15) is 0 Å². The Hall–Kier alpha value is -3.35. The molecule has 0 fully saturated rings. The van der Waals surface area contributed by atoms with E-state index in [0.29, 0.717) is 22.8 Å². The summed E-state index contributed by atoms with van der Waals surface area (Å²) in [6.07, 6.45) is 0.125. The maximum atomic E-state index is 12.9. The van der Waals surface area contributed by atoms with Gasteiger partial charge in [0, 0.05) is 31.3 Å². The summed E-state index contributed by atoms with van der Waals surface area (Å²) in [6, 6.07) is 12.6. The minimum Gasteiger partial charge on any atom is -0.476 e. The zero-order chi connectivity index (χ0) is 21.2. The van der Waals surface area contributed by atoms with E-state index in [0.717, 1.165) is 5.56 Å². The van der Waals surface area contributed by atoms with Gasteiger partial charge in [-0.15, -0.1) is 0 Å². The van der Waals surface area contributed by atoms with Crippen molar-refractivity contribution < 1.29 is 19.1 Å². The first kappa shape index (κ1) is 20.4. The van der Waals surface area contributed by atoms with Gasteiger partial charge in [-0.25, -0.2) is 0 Å². The molecule has 0 bridgehead atoms. The van der Waals surface area contributed by atoms with Crippen LogP contribution in [0.1, 0.15) is 32.8 Å². The second-order valence-corrected chi connectivity index (χ2v) is 7.60. The number of carbonyl (C=O) groups excluding carboxylic acids is 3. The second kappa shape index (κ2) is 7.95. The summed E-state index contributed by atoms with van der Waals surface area (Å²) in [4.78, 5) is 38.1. The molecule has 2 aromatic rings. The average Bonchev–Trinajstić information content (AvgIpc) is 2.62. The predicted octanol–water partition coefficient (Wildman–Crippen LogP) is 3.49. The summed E-state index contributed by atoms with van der Waals surface area (Å²) in [6.45, 7) is 7.04. The van der Waals surface area contributed by atoms with Gasteiger partial charge in [0.05, 0.1) is 5.69 Å². The van der Waals surface area contributed by atoms with Crippen LogP contribution in [0.15, 0.2) is 42.5 Å². The lowest BCUT2D eigenvalue weighted by molar-refractivity contribution is -0.132. The number of aryl methyl sites for hydroxylation is 1. The van der Waals surface area contributed by atoms with Crippen LogP contribution >= 0.6 is 0 Å². The Labute approximate surface area is 170 Å². The van der Waals surface area contributed by atoms with E-state index in [1.165, 1.54) is 6.92 Å². The number of fused-ring (bicyclic) bond motifs is 1. The maximum absolute atomic E-state index is 12.9.